The van der Waals surface area contributed by atoms with Crippen molar-refractivity contribution in [3.8, 4) is 0 Å². The molecule has 0 radical (unpaired) electrons. The van der Waals surface area contributed by atoms with Gasteiger partial charge in [-0.3, -0.25) is 4.79 Å². The van der Waals surface area contributed by atoms with Gasteiger partial charge < -0.3 is 16.2 Å². The molecule has 0 saturated heterocycles. The van der Waals surface area contributed by atoms with E-state index in [4.69, 9.17) is 10.8 Å². The van der Waals surface area contributed by atoms with E-state index < -0.39 is 0 Å². The maximum absolute atomic E-state index is 11.8. The number of nitrogens with zero attached hydrogens (tertiary/aromatic N) is 1. The summed E-state index contributed by atoms with van der Waals surface area (Å²) < 4.78 is 0.881. The molecule has 4 N–H and O–H groups in total. The number of fused-ring (bicyclic) bond motifs is 1. The van der Waals surface area contributed by atoms with Crippen LogP contribution in [0.2, 0.25) is 0 Å². The zero-order valence-corrected chi connectivity index (χ0v) is 10.1. The molecular weight excluding hydrogens is 238 g/mol. The quantitative estimate of drug-likeness (QED) is 0.759. The molecule has 1 aromatic heterocycles. The first-order valence-electron chi connectivity index (χ1n) is 5.18. The van der Waals surface area contributed by atoms with E-state index in [1.165, 1.54) is 11.3 Å². The number of aliphatic hydroxyl groups is 1. The van der Waals surface area contributed by atoms with Gasteiger partial charge in [0.25, 0.3) is 5.91 Å². The van der Waals surface area contributed by atoms with Crippen molar-refractivity contribution in [1.82, 2.24) is 10.3 Å². The van der Waals surface area contributed by atoms with E-state index in [1.54, 1.807) is 25.1 Å². The molecule has 0 bridgehead atoms. The monoisotopic (exact) mass is 251 g/mol. The number of rotatable bonds is 3. The van der Waals surface area contributed by atoms with E-state index in [0.29, 0.717) is 10.7 Å². The third-order valence-corrected chi connectivity index (χ3v) is 3.17. The molecule has 2 rings (SSSR count). The largest absolute Gasteiger partial charge is 0.394 e. The number of carbonyl (C=O) groups excluding carboxylic acids is 1. The maximum Gasteiger partial charge on any atom is 0.251 e. The van der Waals surface area contributed by atoms with Gasteiger partial charge in [0, 0.05) is 11.6 Å². The lowest BCUT2D eigenvalue weighted by molar-refractivity contribution is 0.0922. The average Bonchev–Trinajstić information content (AvgIpc) is 2.67. The predicted molar refractivity (Wildman–Crippen MR) is 68.0 cm³/mol. The number of anilines is 1. The van der Waals surface area contributed by atoms with Crippen molar-refractivity contribution in [2.24, 2.45) is 0 Å². The molecule has 1 unspecified atom stereocenters. The van der Waals surface area contributed by atoms with E-state index in [1.807, 2.05) is 0 Å². The summed E-state index contributed by atoms with van der Waals surface area (Å²) in [6.07, 6.45) is 0. The number of benzene rings is 1. The van der Waals surface area contributed by atoms with Crippen LogP contribution in [-0.2, 0) is 0 Å². The van der Waals surface area contributed by atoms with Crippen molar-refractivity contribution in [1.29, 1.82) is 0 Å². The summed E-state index contributed by atoms with van der Waals surface area (Å²) in [5.41, 5.74) is 6.93. The minimum Gasteiger partial charge on any atom is -0.394 e. The average molecular weight is 251 g/mol. The van der Waals surface area contributed by atoms with Crippen LogP contribution in [-0.4, -0.2) is 28.6 Å². The molecule has 1 atom stereocenters. The molecule has 0 aliphatic rings. The second-order valence-electron chi connectivity index (χ2n) is 3.79. The van der Waals surface area contributed by atoms with E-state index in [2.05, 4.69) is 10.3 Å². The highest BCUT2D eigenvalue weighted by molar-refractivity contribution is 7.22. The van der Waals surface area contributed by atoms with E-state index in [-0.39, 0.29) is 18.6 Å². The normalized spacial score (nSPS) is 12.6. The van der Waals surface area contributed by atoms with Gasteiger partial charge in [0.15, 0.2) is 5.13 Å². The third kappa shape index (κ3) is 2.54. The van der Waals surface area contributed by atoms with Crippen molar-refractivity contribution in [2.75, 3.05) is 12.3 Å². The van der Waals surface area contributed by atoms with Crippen LogP contribution in [0.1, 0.15) is 17.3 Å². The van der Waals surface area contributed by atoms with Crippen molar-refractivity contribution in [3.05, 3.63) is 23.8 Å². The van der Waals surface area contributed by atoms with Crippen LogP contribution in [0, 0.1) is 0 Å². The van der Waals surface area contributed by atoms with Gasteiger partial charge >= 0.3 is 0 Å². The standard InChI is InChI=1S/C11H13N3O2S/c1-6(5-15)13-10(16)7-2-3-8-9(4-7)17-11(12)14-8/h2-4,6,15H,5H2,1H3,(H2,12,14)(H,13,16). The van der Waals surface area contributed by atoms with Crippen LogP contribution in [0.4, 0.5) is 5.13 Å². The van der Waals surface area contributed by atoms with E-state index >= 15 is 0 Å². The Morgan fingerprint density at radius 1 is 1.65 bits per heavy atom. The lowest BCUT2D eigenvalue weighted by Crippen LogP contribution is -2.34. The Bertz CT molecular complexity index is 553. The molecule has 0 aliphatic carbocycles. The van der Waals surface area contributed by atoms with Crippen molar-refractivity contribution in [3.63, 3.8) is 0 Å². The smallest absolute Gasteiger partial charge is 0.251 e. The molecule has 17 heavy (non-hydrogen) atoms. The molecule has 0 fully saturated rings. The summed E-state index contributed by atoms with van der Waals surface area (Å²) in [7, 11) is 0. The first-order chi connectivity index (χ1) is 8.10. The van der Waals surface area contributed by atoms with Crippen LogP contribution >= 0.6 is 11.3 Å². The van der Waals surface area contributed by atoms with E-state index in [0.717, 1.165) is 10.2 Å². The highest BCUT2D eigenvalue weighted by Gasteiger charge is 2.10. The summed E-state index contributed by atoms with van der Waals surface area (Å²) in [6, 6.07) is 4.95. The number of carbonyl (C=O) groups is 1. The van der Waals surface area contributed by atoms with Crippen LogP contribution in [0.5, 0.6) is 0 Å². The fourth-order valence-electron chi connectivity index (χ4n) is 1.44. The molecular formula is C11H13N3O2S. The first kappa shape index (κ1) is 11.8. The number of thiazole rings is 1. The summed E-state index contributed by atoms with van der Waals surface area (Å²) >= 11 is 1.35. The SMILES string of the molecule is CC(CO)NC(=O)c1ccc2nc(N)sc2c1. The summed E-state index contributed by atoms with van der Waals surface area (Å²) in [4.78, 5) is 15.9. The second kappa shape index (κ2) is 4.68. The first-order valence-corrected chi connectivity index (χ1v) is 5.99. The minimum atomic E-state index is -0.260. The number of amides is 1. The van der Waals surface area contributed by atoms with Gasteiger partial charge in [0.05, 0.1) is 16.8 Å². The molecule has 1 aromatic carbocycles. The Morgan fingerprint density at radius 2 is 2.41 bits per heavy atom. The Hall–Kier alpha value is -1.66. The summed E-state index contributed by atoms with van der Waals surface area (Å²) in [6.45, 7) is 1.66. The van der Waals surface area contributed by atoms with Gasteiger partial charge in [-0.15, -0.1) is 0 Å². The lowest BCUT2D eigenvalue weighted by Gasteiger charge is -2.10. The van der Waals surface area contributed by atoms with Gasteiger partial charge in [-0.1, -0.05) is 11.3 Å². The van der Waals surface area contributed by atoms with Crippen molar-refractivity contribution in [2.45, 2.75) is 13.0 Å². The van der Waals surface area contributed by atoms with Crippen molar-refractivity contribution < 1.29 is 9.90 Å². The molecule has 6 heteroatoms. The number of aromatic nitrogens is 1. The number of aliphatic hydroxyl groups excluding tert-OH is 1. The number of nitrogens with two attached hydrogens (primary N) is 1. The molecule has 5 nitrogen and oxygen atoms in total. The Morgan fingerprint density at radius 3 is 3.12 bits per heavy atom. The molecule has 2 aromatic rings. The van der Waals surface area contributed by atoms with Crippen LogP contribution < -0.4 is 11.1 Å². The summed E-state index contributed by atoms with van der Waals surface area (Å²) in [5.74, 6) is -0.208. The zero-order chi connectivity index (χ0) is 12.4. The molecule has 0 aliphatic heterocycles. The fourth-order valence-corrected chi connectivity index (χ4v) is 2.21. The van der Waals surface area contributed by atoms with Gasteiger partial charge in [-0.05, 0) is 25.1 Å². The van der Waals surface area contributed by atoms with Crippen LogP contribution in [0.25, 0.3) is 10.2 Å². The number of nitrogen functional groups attached to an aromatic ring is 1. The van der Waals surface area contributed by atoms with Crippen LogP contribution in [0.15, 0.2) is 18.2 Å². The third-order valence-electron chi connectivity index (χ3n) is 2.32. The van der Waals surface area contributed by atoms with Gasteiger partial charge in [0.2, 0.25) is 0 Å². The predicted octanol–water partition coefficient (Wildman–Crippen LogP) is 0.989. The van der Waals surface area contributed by atoms with Crippen LogP contribution in [0.3, 0.4) is 0 Å². The second-order valence-corrected chi connectivity index (χ2v) is 4.85. The molecule has 1 heterocycles. The van der Waals surface area contributed by atoms with Gasteiger partial charge in [-0.25, -0.2) is 4.98 Å². The molecule has 0 saturated carbocycles. The van der Waals surface area contributed by atoms with Crippen molar-refractivity contribution >= 4 is 32.6 Å². The maximum atomic E-state index is 11.8. The number of nitrogens with one attached hydrogen (secondary N) is 1. The van der Waals surface area contributed by atoms with Gasteiger partial charge in [0.1, 0.15) is 0 Å². The number of hydrogen-bond donors (Lipinski definition) is 3. The molecule has 1 amide bonds. The Balaban J connectivity index is 2.26. The van der Waals surface area contributed by atoms with Gasteiger partial charge in [-0.2, -0.15) is 0 Å². The fraction of sp³-hybridized carbons (Fsp3) is 0.273. The lowest BCUT2D eigenvalue weighted by atomic mass is 10.2. The highest BCUT2D eigenvalue weighted by atomic mass is 32.1. The Labute approximate surface area is 102 Å². The number of hydrogen-bond acceptors (Lipinski definition) is 5. The molecule has 0 spiro atoms. The Kier molecular flexibility index (Phi) is 3.26. The summed E-state index contributed by atoms with van der Waals surface area (Å²) in [5, 5.41) is 12.0. The topological polar surface area (TPSA) is 88.2 Å². The minimum absolute atomic E-state index is 0.0819. The highest BCUT2D eigenvalue weighted by Crippen LogP contribution is 2.24. The van der Waals surface area contributed by atoms with E-state index in [9.17, 15) is 4.79 Å². The molecule has 90 valence electrons. The zero-order valence-electron chi connectivity index (χ0n) is 9.30.